The number of nitrogens with zero attached hydrogens (tertiary/aromatic N) is 1. The fourth-order valence-electron chi connectivity index (χ4n) is 2.84. The molecule has 0 radical (unpaired) electrons. The van der Waals surface area contributed by atoms with Crippen molar-refractivity contribution in [1.29, 1.82) is 5.26 Å². The maximum Gasteiger partial charge on any atom is 0.0677 e. The van der Waals surface area contributed by atoms with Crippen LogP contribution >= 0.6 is 0 Å². The van der Waals surface area contributed by atoms with E-state index in [4.69, 9.17) is 0 Å². The van der Waals surface area contributed by atoms with Gasteiger partial charge in [-0.05, 0) is 36.5 Å². The summed E-state index contributed by atoms with van der Waals surface area (Å²) in [4.78, 5) is 0. The van der Waals surface area contributed by atoms with Gasteiger partial charge < -0.3 is 5.32 Å². The lowest BCUT2D eigenvalue weighted by Gasteiger charge is -2.22. The predicted octanol–water partition coefficient (Wildman–Crippen LogP) is 4.69. The molecule has 0 saturated heterocycles. The van der Waals surface area contributed by atoms with Gasteiger partial charge >= 0.3 is 0 Å². The van der Waals surface area contributed by atoms with E-state index in [0.717, 1.165) is 12.8 Å². The van der Waals surface area contributed by atoms with Crippen molar-refractivity contribution in [1.82, 2.24) is 0 Å². The van der Waals surface area contributed by atoms with Crippen molar-refractivity contribution >= 4 is 5.69 Å². The molecule has 1 aliphatic rings. The largest absolute Gasteiger partial charge is 0.381 e. The molecule has 1 N–H and O–H groups in total. The first-order valence-corrected chi connectivity index (χ1v) is 7.47. The molecule has 0 heterocycles. The second kappa shape index (κ2) is 6.61. The van der Waals surface area contributed by atoms with Crippen LogP contribution in [-0.2, 0) is 0 Å². The Morgan fingerprint density at radius 2 is 2.00 bits per heavy atom. The average Bonchev–Trinajstić information content (AvgIpc) is 2.64. The van der Waals surface area contributed by atoms with E-state index in [1.54, 1.807) is 0 Å². The highest BCUT2D eigenvalue weighted by molar-refractivity contribution is 5.47. The molecule has 1 aromatic rings. The number of hydrogen-bond acceptors (Lipinski definition) is 2. The zero-order valence-electron chi connectivity index (χ0n) is 12.0. The molecule has 102 valence electrons. The van der Waals surface area contributed by atoms with Crippen LogP contribution in [0, 0.1) is 17.2 Å². The summed E-state index contributed by atoms with van der Waals surface area (Å²) in [7, 11) is 0. The third-order valence-corrected chi connectivity index (χ3v) is 4.09. The third kappa shape index (κ3) is 3.73. The predicted molar refractivity (Wildman–Crippen MR) is 80.1 cm³/mol. The summed E-state index contributed by atoms with van der Waals surface area (Å²) in [5, 5.41) is 12.9. The molecule has 1 aliphatic carbocycles. The average molecular weight is 256 g/mol. The van der Waals surface area contributed by atoms with Crippen molar-refractivity contribution in [3.05, 3.63) is 29.8 Å². The van der Waals surface area contributed by atoms with E-state index in [9.17, 15) is 5.26 Å². The van der Waals surface area contributed by atoms with Crippen LogP contribution in [0.25, 0.3) is 0 Å². The summed E-state index contributed by atoms with van der Waals surface area (Å²) in [5.41, 5.74) is 2.52. The number of nitrogens with one attached hydrogen (secondary N) is 1. The number of benzene rings is 1. The van der Waals surface area contributed by atoms with E-state index in [-0.39, 0.29) is 5.92 Å². The van der Waals surface area contributed by atoms with Crippen LogP contribution in [0.4, 0.5) is 5.69 Å². The normalized spacial score (nSPS) is 23.7. The zero-order valence-corrected chi connectivity index (χ0v) is 12.0. The molecular formula is C17H24N2. The number of anilines is 1. The molecule has 0 aromatic heterocycles. The molecule has 2 heteroatoms. The quantitative estimate of drug-likeness (QED) is 0.796. The van der Waals surface area contributed by atoms with Gasteiger partial charge in [0.1, 0.15) is 0 Å². The molecule has 2 rings (SSSR count). The van der Waals surface area contributed by atoms with E-state index < -0.39 is 0 Å². The summed E-state index contributed by atoms with van der Waals surface area (Å²) < 4.78 is 0. The van der Waals surface area contributed by atoms with Crippen molar-refractivity contribution in [3.63, 3.8) is 0 Å². The van der Waals surface area contributed by atoms with E-state index in [0.29, 0.717) is 12.0 Å². The van der Waals surface area contributed by atoms with Crippen LogP contribution < -0.4 is 5.32 Å². The van der Waals surface area contributed by atoms with Crippen LogP contribution in [0.1, 0.15) is 57.4 Å². The first-order valence-electron chi connectivity index (χ1n) is 7.47. The first kappa shape index (κ1) is 13.9. The van der Waals surface area contributed by atoms with Gasteiger partial charge in [0, 0.05) is 11.7 Å². The molecule has 0 aliphatic heterocycles. The molecule has 0 spiro atoms. The lowest BCUT2D eigenvalue weighted by molar-refractivity contribution is 0.514. The first-order chi connectivity index (χ1) is 9.20. The van der Waals surface area contributed by atoms with Crippen LogP contribution in [-0.4, -0.2) is 6.04 Å². The Hall–Kier alpha value is -1.49. The Morgan fingerprint density at radius 3 is 2.74 bits per heavy atom. The van der Waals surface area contributed by atoms with Gasteiger partial charge in [-0.1, -0.05) is 45.2 Å². The van der Waals surface area contributed by atoms with E-state index in [1.807, 2.05) is 0 Å². The third-order valence-electron chi connectivity index (χ3n) is 4.09. The van der Waals surface area contributed by atoms with Crippen LogP contribution in [0.2, 0.25) is 0 Å². The van der Waals surface area contributed by atoms with Crippen molar-refractivity contribution in [2.24, 2.45) is 5.92 Å². The minimum atomic E-state index is 0.158. The lowest BCUT2D eigenvalue weighted by Crippen LogP contribution is -2.27. The highest BCUT2D eigenvalue weighted by Gasteiger charge is 2.23. The Bertz CT molecular complexity index is 445. The van der Waals surface area contributed by atoms with E-state index in [1.165, 1.54) is 30.5 Å². The summed E-state index contributed by atoms with van der Waals surface area (Å²) >= 11 is 0. The number of nitriles is 1. The maximum absolute atomic E-state index is 9.32. The second-order valence-corrected chi connectivity index (χ2v) is 5.90. The van der Waals surface area contributed by atoms with Crippen molar-refractivity contribution in [2.75, 3.05) is 5.32 Å². The minimum absolute atomic E-state index is 0.158. The number of hydrogen-bond donors (Lipinski definition) is 1. The van der Waals surface area contributed by atoms with Gasteiger partial charge in [-0.15, -0.1) is 0 Å². The van der Waals surface area contributed by atoms with E-state index in [2.05, 4.69) is 49.5 Å². The van der Waals surface area contributed by atoms with Gasteiger partial charge in [0.15, 0.2) is 0 Å². The molecule has 2 atom stereocenters. The summed E-state index contributed by atoms with van der Waals surface area (Å²) in [6.07, 6.45) is 5.85. The zero-order chi connectivity index (χ0) is 13.7. The molecule has 2 nitrogen and oxygen atoms in total. The van der Waals surface area contributed by atoms with Crippen molar-refractivity contribution in [3.8, 4) is 6.07 Å². The maximum atomic E-state index is 9.32. The lowest BCUT2D eigenvalue weighted by atomic mass is 9.95. The van der Waals surface area contributed by atoms with Gasteiger partial charge in [-0.2, -0.15) is 5.26 Å². The number of rotatable bonds is 3. The summed E-state index contributed by atoms with van der Waals surface area (Å²) in [6.45, 7) is 4.42. The van der Waals surface area contributed by atoms with E-state index >= 15 is 0 Å². The second-order valence-electron chi connectivity index (χ2n) is 5.90. The Labute approximate surface area is 116 Å². The van der Waals surface area contributed by atoms with Crippen molar-refractivity contribution in [2.45, 2.75) is 57.9 Å². The summed E-state index contributed by atoms with van der Waals surface area (Å²) in [6, 6.07) is 11.4. The van der Waals surface area contributed by atoms with Gasteiger partial charge in [0.2, 0.25) is 0 Å². The molecule has 1 saturated carbocycles. The fourth-order valence-corrected chi connectivity index (χ4v) is 2.84. The Morgan fingerprint density at radius 1 is 1.21 bits per heavy atom. The molecule has 1 aromatic carbocycles. The Balaban J connectivity index is 2.10. The van der Waals surface area contributed by atoms with Gasteiger partial charge in [0.25, 0.3) is 0 Å². The molecule has 0 amide bonds. The van der Waals surface area contributed by atoms with Crippen molar-refractivity contribution < 1.29 is 0 Å². The van der Waals surface area contributed by atoms with Crippen LogP contribution in [0.3, 0.4) is 0 Å². The molecule has 19 heavy (non-hydrogen) atoms. The highest BCUT2D eigenvalue weighted by atomic mass is 14.9. The monoisotopic (exact) mass is 256 g/mol. The minimum Gasteiger partial charge on any atom is -0.381 e. The highest BCUT2D eigenvalue weighted by Crippen LogP contribution is 2.27. The molecule has 2 unspecified atom stereocenters. The molecule has 0 bridgehead atoms. The summed E-state index contributed by atoms with van der Waals surface area (Å²) in [5.74, 6) is 0.702. The van der Waals surface area contributed by atoms with Gasteiger partial charge in [-0.25, -0.2) is 0 Å². The van der Waals surface area contributed by atoms with Crippen LogP contribution in [0.15, 0.2) is 24.3 Å². The fraction of sp³-hybridized carbons (Fsp3) is 0.588. The SMILES string of the molecule is CC(C)c1cccc(NC2CCCCCC2C#N)c1. The topological polar surface area (TPSA) is 35.8 Å². The van der Waals surface area contributed by atoms with Crippen LogP contribution in [0.5, 0.6) is 0 Å². The standard InChI is InChI=1S/C17H24N2/c1-13(2)14-8-6-9-16(11-14)19-17-10-5-3-4-7-15(17)12-18/h6,8-9,11,13,15,17,19H,3-5,7,10H2,1-2H3. The smallest absolute Gasteiger partial charge is 0.0677 e. The molecular weight excluding hydrogens is 232 g/mol. The Kier molecular flexibility index (Phi) is 4.85. The van der Waals surface area contributed by atoms with Gasteiger partial charge in [-0.3, -0.25) is 0 Å². The van der Waals surface area contributed by atoms with Gasteiger partial charge in [0.05, 0.1) is 12.0 Å². The molecule has 1 fully saturated rings.